The number of carbonyl (C=O) groups is 3. The molecule has 0 spiro atoms. The molecule has 1 aliphatic heterocycles. The maximum Gasteiger partial charge on any atom is 0.332 e. The van der Waals surface area contributed by atoms with Gasteiger partial charge in [-0.25, -0.2) is 4.79 Å². The first-order valence-corrected chi connectivity index (χ1v) is 7.70. The fourth-order valence-corrected chi connectivity index (χ4v) is 2.62. The quantitative estimate of drug-likeness (QED) is 0.569. The number of hydrogen-bond donors (Lipinski definition) is 0. The van der Waals surface area contributed by atoms with Crippen molar-refractivity contribution in [1.82, 2.24) is 9.80 Å². The van der Waals surface area contributed by atoms with Crippen LogP contribution in [-0.2, 0) is 9.59 Å². The number of rotatable bonds is 7. The molecule has 0 radical (unpaired) electrons. The van der Waals surface area contributed by atoms with E-state index in [0.717, 1.165) is 4.90 Å². The van der Waals surface area contributed by atoms with E-state index in [1.54, 1.807) is 43.3 Å². The van der Waals surface area contributed by atoms with Crippen LogP contribution in [-0.4, -0.2) is 53.3 Å². The summed E-state index contributed by atoms with van der Waals surface area (Å²) in [6.45, 7) is 9.25. The van der Waals surface area contributed by atoms with Gasteiger partial charge in [0, 0.05) is 18.8 Å². The van der Waals surface area contributed by atoms with Crippen LogP contribution in [0.1, 0.15) is 6.92 Å². The average molecular weight is 327 g/mol. The van der Waals surface area contributed by atoms with Gasteiger partial charge in [0.05, 0.1) is 0 Å². The number of urea groups is 1. The highest BCUT2D eigenvalue weighted by Crippen LogP contribution is 2.25. The van der Waals surface area contributed by atoms with Crippen LogP contribution in [0, 0.1) is 0 Å². The summed E-state index contributed by atoms with van der Waals surface area (Å²) in [6, 6.07) is 7.82. The molecule has 0 N–H and O–H groups in total. The molecule has 1 aliphatic rings. The monoisotopic (exact) mass is 327 g/mol. The predicted molar refractivity (Wildman–Crippen MR) is 92.5 cm³/mol. The van der Waals surface area contributed by atoms with E-state index in [-0.39, 0.29) is 18.4 Å². The molecule has 0 bridgehead atoms. The lowest BCUT2D eigenvalue weighted by Crippen LogP contribution is -2.43. The Morgan fingerprint density at radius 1 is 1.17 bits per heavy atom. The lowest BCUT2D eigenvalue weighted by molar-refractivity contribution is -0.136. The minimum absolute atomic E-state index is 0.285. The zero-order valence-electron chi connectivity index (χ0n) is 13.7. The minimum Gasteiger partial charge on any atom is -0.334 e. The lowest BCUT2D eigenvalue weighted by Gasteiger charge is -2.22. The number of amides is 4. The molecule has 4 amide bonds. The molecular formula is C18H21N3O3. The number of benzene rings is 1. The summed E-state index contributed by atoms with van der Waals surface area (Å²) < 4.78 is 0. The SMILES string of the molecule is C=CCN(CC=C)C(=O)CN1C(=O)[C@H](C)N(c2ccccc2)C1=O. The Bertz CT molecular complexity index is 647. The van der Waals surface area contributed by atoms with Gasteiger partial charge in [-0.2, -0.15) is 0 Å². The second-order valence-electron chi connectivity index (χ2n) is 5.46. The Morgan fingerprint density at radius 3 is 2.29 bits per heavy atom. The number of anilines is 1. The number of carbonyl (C=O) groups excluding carboxylic acids is 3. The summed E-state index contributed by atoms with van der Waals surface area (Å²) in [5.74, 6) is -0.701. The molecule has 6 nitrogen and oxygen atoms in total. The van der Waals surface area contributed by atoms with E-state index in [1.165, 1.54) is 9.80 Å². The van der Waals surface area contributed by atoms with E-state index in [9.17, 15) is 14.4 Å². The van der Waals surface area contributed by atoms with Gasteiger partial charge in [-0.05, 0) is 19.1 Å². The molecule has 0 unspecified atom stereocenters. The largest absolute Gasteiger partial charge is 0.334 e. The van der Waals surface area contributed by atoms with Gasteiger partial charge in [0.25, 0.3) is 5.91 Å². The molecule has 0 aromatic heterocycles. The molecule has 0 saturated carbocycles. The summed E-state index contributed by atoms with van der Waals surface area (Å²) in [7, 11) is 0. The van der Waals surface area contributed by atoms with Crippen LogP contribution in [0.4, 0.5) is 10.5 Å². The highest BCUT2D eigenvalue weighted by molar-refractivity contribution is 6.15. The Labute approximate surface area is 141 Å². The predicted octanol–water partition coefficient (Wildman–Crippen LogP) is 2.04. The van der Waals surface area contributed by atoms with Crippen molar-refractivity contribution in [1.29, 1.82) is 0 Å². The standard InChI is InChI=1S/C18H21N3O3/c1-4-11-19(12-5-2)16(22)13-20-17(23)14(3)21(18(20)24)15-9-7-6-8-10-15/h4-10,14H,1-2,11-13H2,3H3/t14-/m0/s1. The first kappa shape index (κ1) is 17.5. The molecule has 1 fully saturated rings. The molecule has 1 aromatic rings. The highest BCUT2D eigenvalue weighted by Gasteiger charge is 2.44. The van der Waals surface area contributed by atoms with Gasteiger partial charge in [0.1, 0.15) is 12.6 Å². The number of imide groups is 1. The molecule has 2 rings (SSSR count). The van der Waals surface area contributed by atoms with E-state index in [2.05, 4.69) is 13.2 Å². The number of hydrogen-bond acceptors (Lipinski definition) is 3. The Hall–Kier alpha value is -2.89. The third-order valence-electron chi connectivity index (χ3n) is 3.83. The maximum absolute atomic E-state index is 12.6. The molecule has 126 valence electrons. The van der Waals surface area contributed by atoms with Crippen LogP contribution in [0.2, 0.25) is 0 Å². The van der Waals surface area contributed by atoms with Gasteiger partial charge in [-0.15, -0.1) is 13.2 Å². The first-order valence-electron chi connectivity index (χ1n) is 7.70. The van der Waals surface area contributed by atoms with Crippen LogP contribution in [0.3, 0.4) is 0 Å². The van der Waals surface area contributed by atoms with Crippen molar-refractivity contribution in [3.63, 3.8) is 0 Å². The number of para-hydroxylation sites is 1. The van der Waals surface area contributed by atoms with Crippen molar-refractivity contribution in [2.75, 3.05) is 24.5 Å². The molecule has 1 aromatic carbocycles. The van der Waals surface area contributed by atoms with Crippen LogP contribution in [0.15, 0.2) is 55.6 Å². The van der Waals surface area contributed by atoms with Crippen LogP contribution in [0.5, 0.6) is 0 Å². The molecule has 0 aliphatic carbocycles. The van der Waals surface area contributed by atoms with Crippen LogP contribution < -0.4 is 4.90 Å². The molecule has 1 heterocycles. The van der Waals surface area contributed by atoms with E-state index < -0.39 is 12.1 Å². The van der Waals surface area contributed by atoms with Gasteiger partial charge < -0.3 is 4.90 Å². The number of nitrogens with zero attached hydrogens (tertiary/aromatic N) is 3. The minimum atomic E-state index is -0.639. The van der Waals surface area contributed by atoms with Gasteiger partial charge >= 0.3 is 6.03 Å². The van der Waals surface area contributed by atoms with Gasteiger partial charge in [-0.3, -0.25) is 19.4 Å². The summed E-state index contributed by atoms with van der Waals surface area (Å²) in [4.78, 5) is 41.3. The van der Waals surface area contributed by atoms with Gasteiger partial charge in [0.15, 0.2) is 0 Å². The Balaban J connectivity index is 2.17. The summed E-state index contributed by atoms with van der Waals surface area (Å²) >= 11 is 0. The zero-order valence-corrected chi connectivity index (χ0v) is 13.7. The maximum atomic E-state index is 12.6. The molecule has 1 atom stereocenters. The third kappa shape index (κ3) is 3.37. The fraction of sp³-hybridized carbons (Fsp3) is 0.278. The third-order valence-corrected chi connectivity index (χ3v) is 3.83. The summed E-state index contributed by atoms with van der Waals surface area (Å²) in [6.07, 6.45) is 3.18. The van der Waals surface area contributed by atoms with Crippen molar-refractivity contribution in [2.24, 2.45) is 0 Å². The lowest BCUT2D eigenvalue weighted by atomic mass is 10.2. The topological polar surface area (TPSA) is 60.9 Å². The second-order valence-corrected chi connectivity index (χ2v) is 5.46. The van der Waals surface area contributed by atoms with Crippen molar-refractivity contribution in [2.45, 2.75) is 13.0 Å². The fourth-order valence-electron chi connectivity index (χ4n) is 2.62. The van der Waals surface area contributed by atoms with E-state index >= 15 is 0 Å². The van der Waals surface area contributed by atoms with Crippen molar-refractivity contribution >= 4 is 23.5 Å². The van der Waals surface area contributed by atoms with Crippen LogP contribution in [0.25, 0.3) is 0 Å². The van der Waals surface area contributed by atoms with E-state index in [1.807, 2.05) is 6.07 Å². The summed E-state index contributed by atoms with van der Waals surface area (Å²) in [5, 5.41) is 0. The van der Waals surface area contributed by atoms with E-state index in [0.29, 0.717) is 18.8 Å². The molecule has 6 heteroatoms. The van der Waals surface area contributed by atoms with E-state index in [4.69, 9.17) is 0 Å². The first-order chi connectivity index (χ1) is 11.5. The molecule has 24 heavy (non-hydrogen) atoms. The Morgan fingerprint density at radius 2 is 1.75 bits per heavy atom. The zero-order chi connectivity index (χ0) is 17.7. The Kier molecular flexibility index (Phi) is 5.52. The van der Waals surface area contributed by atoms with Gasteiger partial charge in [0.2, 0.25) is 5.91 Å². The molecular weight excluding hydrogens is 306 g/mol. The van der Waals surface area contributed by atoms with Crippen molar-refractivity contribution in [3.8, 4) is 0 Å². The van der Waals surface area contributed by atoms with Crippen molar-refractivity contribution < 1.29 is 14.4 Å². The van der Waals surface area contributed by atoms with Crippen LogP contribution >= 0.6 is 0 Å². The average Bonchev–Trinajstić information content (AvgIpc) is 2.79. The van der Waals surface area contributed by atoms with Crippen molar-refractivity contribution in [3.05, 3.63) is 55.6 Å². The normalized spacial score (nSPS) is 17.1. The highest BCUT2D eigenvalue weighted by atomic mass is 16.2. The molecule has 1 saturated heterocycles. The smallest absolute Gasteiger partial charge is 0.332 e. The summed E-state index contributed by atoms with van der Waals surface area (Å²) in [5.41, 5.74) is 0.632. The van der Waals surface area contributed by atoms with Gasteiger partial charge in [-0.1, -0.05) is 30.4 Å². The second kappa shape index (κ2) is 7.59.